The van der Waals surface area contributed by atoms with Crippen molar-refractivity contribution in [3.05, 3.63) is 70.7 Å². The molecular weight excluding hydrogens is 391 g/mol. The van der Waals surface area contributed by atoms with Gasteiger partial charge >= 0.3 is 0 Å². The zero-order valence-electron chi connectivity index (χ0n) is 16.6. The number of rotatable bonds is 3. The van der Waals surface area contributed by atoms with Crippen LogP contribution in [0.3, 0.4) is 0 Å². The van der Waals surface area contributed by atoms with E-state index in [4.69, 9.17) is 4.98 Å². The van der Waals surface area contributed by atoms with Gasteiger partial charge in [-0.3, -0.25) is 0 Å². The van der Waals surface area contributed by atoms with Crippen LogP contribution in [-0.4, -0.2) is 21.6 Å². The Morgan fingerprint density at radius 2 is 1.83 bits per heavy atom. The number of phenolic OH excluding ortho intramolecular Hbond substituents is 1. The number of halogens is 2. The number of anilines is 3. The monoisotopic (exact) mass is 414 g/mol. The third-order valence-corrected chi connectivity index (χ3v) is 5.44. The van der Waals surface area contributed by atoms with E-state index >= 15 is 0 Å². The molecule has 0 radical (unpaired) electrons. The molecule has 2 aromatic carbocycles. The van der Waals surface area contributed by atoms with Crippen molar-refractivity contribution < 1.29 is 9.50 Å². The Bertz CT molecular complexity index is 1030. The highest BCUT2D eigenvalue weighted by atomic mass is 35.5. The standard InChI is InChI=1S/C22H23FN4O.ClH/c1-13-14(2)24-22(25-17-9-7-16(23)8-10-17)26-21(13)27-12-11-19-18(15(27)3)5-4-6-20(19)28;/h4-10,15,28H,11-12H2,1-3H3,(H,24,25,26);1H. The zero-order chi connectivity index (χ0) is 19.8. The van der Waals surface area contributed by atoms with Gasteiger partial charge < -0.3 is 15.3 Å². The molecule has 1 atom stereocenters. The van der Waals surface area contributed by atoms with E-state index in [1.165, 1.54) is 12.1 Å². The second-order valence-corrected chi connectivity index (χ2v) is 7.18. The van der Waals surface area contributed by atoms with Crippen molar-refractivity contribution in [2.45, 2.75) is 33.2 Å². The van der Waals surface area contributed by atoms with Crippen LogP contribution in [0.25, 0.3) is 0 Å². The van der Waals surface area contributed by atoms with Crippen molar-refractivity contribution >= 4 is 29.9 Å². The normalized spacial score (nSPS) is 15.4. The minimum Gasteiger partial charge on any atom is -0.508 e. The molecular formula is C22H24ClFN4O. The van der Waals surface area contributed by atoms with Crippen molar-refractivity contribution in [3.8, 4) is 5.75 Å². The summed E-state index contributed by atoms with van der Waals surface area (Å²) in [6.45, 7) is 6.88. The molecule has 1 aliphatic rings. The Morgan fingerprint density at radius 3 is 2.55 bits per heavy atom. The van der Waals surface area contributed by atoms with E-state index in [0.717, 1.165) is 46.9 Å². The number of nitrogens with zero attached hydrogens (tertiary/aromatic N) is 3. The number of phenols is 1. The lowest BCUT2D eigenvalue weighted by Crippen LogP contribution is -2.35. The molecule has 2 N–H and O–H groups in total. The summed E-state index contributed by atoms with van der Waals surface area (Å²) in [5, 5.41) is 13.3. The molecule has 1 aliphatic heterocycles. The van der Waals surface area contributed by atoms with Gasteiger partial charge in [0.05, 0.1) is 6.04 Å². The highest BCUT2D eigenvalue weighted by Gasteiger charge is 2.28. The quantitative estimate of drug-likeness (QED) is 0.614. The van der Waals surface area contributed by atoms with E-state index in [9.17, 15) is 9.50 Å². The fourth-order valence-electron chi connectivity index (χ4n) is 3.75. The van der Waals surface area contributed by atoms with Crippen LogP contribution >= 0.6 is 12.4 Å². The van der Waals surface area contributed by atoms with E-state index < -0.39 is 0 Å². The van der Waals surface area contributed by atoms with Crippen LogP contribution in [0.1, 0.15) is 35.3 Å². The fraction of sp³-hybridized carbons (Fsp3) is 0.273. The lowest BCUT2D eigenvalue weighted by Gasteiger charge is -2.37. The second kappa shape index (κ2) is 8.25. The van der Waals surface area contributed by atoms with Crippen LogP contribution in [-0.2, 0) is 6.42 Å². The summed E-state index contributed by atoms with van der Waals surface area (Å²) in [5.41, 5.74) is 4.79. The Hall–Kier alpha value is -2.86. The number of hydrogen-bond acceptors (Lipinski definition) is 5. The number of nitrogens with one attached hydrogen (secondary N) is 1. The molecule has 1 unspecified atom stereocenters. The average Bonchev–Trinajstić information content (AvgIpc) is 2.68. The van der Waals surface area contributed by atoms with Gasteiger partial charge in [-0.1, -0.05) is 12.1 Å². The lowest BCUT2D eigenvalue weighted by molar-refractivity contribution is 0.460. The van der Waals surface area contributed by atoms with Crippen molar-refractivity contribution in [1.29, 1.82) is 0 Å². The van der Waals surface area contributed by atoms with Crippen LogP contribution in [0, 0.1) is 19.7 Å². The van der Waals surface area contributed by atoms with E-state index in [1.807, 2.05) is 19.9 Å². The smallest absolute Gasteiger partial charge is 0.229 e. The van der Waals surface area contributed by atoms with Crippen molar-refractivity contribution in [2.75, 3.05) is 16.8 Å². The van der Waals surface area contributed by atoms with Crippen LogP contribution in [0.2, 0.25) is 0 Å². The maximum Gasteiger partial charge on any atom is 0.229 e. The predicted octanol–water partition coefficient (Wildman–Crippen LogP) is 5.23. The van der Waals surface area contributed by atoms with Gasteiger partial charge in [0.25, 0.3) is 0 Å². The number of aromatic nitrogens is 2. The van der Waals surface area contributed by atoms with Crippen molar-refractivity contribution in [2.24, 2.45) is 0 Å². The molecule has 7 heteroatoms. The first-order valence-corrected chi connectivity index (χ1v) is 9.39. The molecule has 4 rings (SSSR count). The van der Waals surface area contributed by atoms with Gasteiger partial charge in [0.2, 0.25) is 5.95 Å². The Kier molecular flexibility index (Phi) is 5.94. The largest absolute Gasteiger partial charge is 0.508 e. The molecule has 0 fully saturated rings. The molecule has 0 spiro atoms. The molecule has 152 valence electrons. The minimum atomic E-state index is -0.281. The van der Waals surface area contributed by atoms with Gasteiger partial charge in [-0.2, -0.15) is 4.98 Å². The molecule has 0 aliphatic carbocycles. The number of aromatic hydroxyl groups is 1. The number of fused-ring (bicyclic) bond motifs is 1. The Labute approximate surface area is 176 Å². The van der Waals surface area contributed by atoms with Gasteiger partial charge in [-0.15, -0.1) is 12.4 Å². The number of hydrogen-bond donors (Lipinski definition) is 2. The molecule has 0 amide bonds. The first kappa shape index (κ1) is 20.9. The molecule has 2 heterocycles. The summed E-state index contributed by atoms with van der Waals surface area (Å²) in [5.74, 6) is 1.44. The van der Waals surface area contributed by atoms with Crippen LogP contribution < -0.4 is 10.2 Å². The summed E-state index contributed by atoms with van der Waals surface area (Å²) < 4.78 is 13.2. The highest BCUT2D eigenvalue weighted by Crippen LogP contribution is 2.38. The molecule has 29 heavy (non-hydrogen) atoms. The molecule has 5 nitrogen and oxygen atoms in total. The van der Waals surface area contributed by atoms with Crippen LogP contribution in [0.5, 0.6) is 5.75 Å². The van der Waals surface area contributed by atoms with Gasteiger partial charge in [0.15, 0.2) is 0 Å². The minimum absolute atomic E-state index is 0. The topological polar surface area (TPSA) is 61.3 Å². The first-order chi connectivity index (χ1) is 13.4. The maximum atomic E-state index is 13.2. The lowest BCUT2D eigenvalue weighted by atomic mass is 9.92. The van der Waals surface area contributed by atoms with E-state index in [1.54, 1.807) is 18.2 Å². The van der Waals surface area contributed by atoms with Crippen molar-refractivity contribution in [1.82, 2.24) is 9.97 Å². The Morgan fingerprint density at radius 1 is 1.10 bits per heavy atom. The summed E-state index contributed by atoms with van der Waals surface area (Å²) in [6.07, 6.45) is 0.759. The summed E-state index contributed by atoms with van der Waals surface area (Å²) in [4.78, 5) is 11.6. The van der Waals surface area contributed by atoms with Gasteiger partial charge in [0.1, 0.15) is 17.4 Å². The van der Waals surface area contributed by atoms with Crippen molar-refractivity contribution in [3.63, 3.8) is 0 Å². The molecule has 1 aromatic heterocycles. The maximum absolute atomic E-state index is 13.2. The number of benzene rings is 2. The van der Waals surface area contributed by atoms with E-state index in [0.29, 0.717) is 11.7 Å². The summed E-state index contributed by atoms with van der Waals surface area (Å²) >= 11 is 0. The van der Waals surface area contributed by atoms with Gasteiger partial charge in [-0.25, -0.2) is 9.37 Å². The molecule has 0 saturated heterocycles. The predicted molar refractivity (Wildman–Crippen MR) is 116 cm³/mol. The third kappa shape index (κ3) is 3.98. The van der Waals surface area contributed by atoms with Gasteiger partial charge in [-0.05, 0) is 63.1 Å². The first-order valence-electron chi connectivity index (χ1n) is 9.39. The molecule has 0 saturated carbocycles. The third-order valence-electron chi connectivity index (χ3n) is 5.44. The fourth-order valence-corrected chi connectivity index (χ4v) is 3.75. The summed E-state index contributed by atoms with van der Waals surface area (Å²) in [7, 11) is 0. The summed E-state index contributed by atoms with van der Waals surface area (Å²) in [6, 6.07) is 11.9. The van der Waals surface area contributed by atoms with Gasteiger partial charge in [0, 0.05) is 29.1 Å². The zero-order valence-corrected chi connectivity index (χ0v) is 17.4. The van der Waals surface area contributed by atoms with Crippen LogP contribution in [0.15, 0.2) is 42.5 Å². The SMILES string of the molecule is Cc1nc(Nc2ccc(F)cc2)nc(N2CCc3c(O)cccc3C2C)c1C.Cl. The second-order valence-electron chi connectivity index (χ2n) is 7.18. The number of aryl methyl sites for hydroxylation is 1. The molecule has 3 aromatic rings. The highest BCUT2D eigenvalue weighted by molar-refractivity contribution is 5.85. The average molecular weight is 415 g/mol. The Balaban J connectivity index is 0.00000240. The van der Waals surface area contributed by atoms with Crippen LogP contribution in [0.4, 0.5) is 21.8 Å². The molecule has 0 bridgehead atoms. The van der Waals surface area contributed by atoms with E-state index in [2.05, 4.69) is 28.2 Å². The van der Waals surface area contributed by atoms with E-state index in [-0.39, 0.29) is 24.3 Å².